The third-order valence-corrected chi connectivity index (χ3v) is 4.94. The van der Waals surface area contributed by atoms with Crippen LogP contribution in [0.4, 0.5) is 0 Å². The van der Waals surface area contributed by atoms with Crippen molar-refractivity contribution in [3.05, 3.63) is 66.4 Å². The van der Waals surface area contributed by atoms with E-state index in [9.17, 15) is 9.90 Å². The first kappa shape index (κ1) is 17.6. The zero-order valence-corrected chi connectivity index (χ0v) is 14.9. The predicted molar refractivity (Wildman–Crippen MR) is 101 cm³/mol. The summed E-state index contributed by atoms with van der Waals surface area (Å²) < 4.78 is 5.70. The monoisotopic (exact) mass is 355 g/mol. The standard InChI is InChI=1S/C20H21NO3S/c1-20(23,18-13-15-7-5-6-10-17(15)24-18)14-21-19(22)11-12-25-16-8-3-2-4-9-16/h2-10,13,23H,11-12,14H2,1H3,(H,21,22). The van der Waals surface area contributed by atoms with E-state index in [1.54, 1.807) is 18.7 Å². The summed E-state index contributed by atoms with van der Waals surface area (Å²) in [6, 6.07) is 19.4. The Hall–Kier alpha value is -2.24. The van der Waals surface area contributed by atoms with E-state index in [1.165, 1.54) is 0 Å². The van der Waals surface area contributed by atoms with Crippen LogP contribution in [-0.4, -0.2) is 23.3 Å². The molecular weight excluding hydrogens is 334 g/mol. The van der Waals surface area contributed by atoms with Gasteiger partial charge in [0.05, 0.1) is 6.54 Å². The van der Waals surface area contributed by atoms with Gasteiger partial charge in [-0.1, -0.05) is 36.4 Å². The number of para-hydroxylation sites is 1. The van der Waals surface area contributed by atoms with Gasteiger partial charge in [-0.2, -0.15) is 0 Å². The Morgan fingerprint density at radius 3 is 2.64 bits per heavy atom. The normalized spacial score (nSPS) is 13.5. The summed E-state index contributed by atoms with van der Waals surface area (Å²) in [5.41, 5.74) is -0.523. The van der Waals surface area contributed by atoms with E-state index in [4.69, 9.17) is 4.42 Å². The van der Waals surface area contributed by atoms with E-state index in [-0.39, 0.29) is 12.5 Å². The van der Waals surface area contributed by atoms with Crippen LogP contribution in [0.1, 0.15) is 19.1 Å². The molecule has 1 aromatic heterocycles. The largest absolute Gasteiger partial charge is 0.458 e. The second kappa shape index (κ2) is 7.76. The summed E-state index contributed by atoms with van der Waals surface area (Å²) in [6.45, 7) is 1.76. The molecule has 1 amide bonds. The zero-order chi connectivity index (χ0) is 17.7. The topological polar surface area (TPSA) is 62.5 Å². The molecule has 2 N–H and O–H groups in total. The van der Waals surface area contributed by atoms with Gasteiger partial charge >= 0.3 is 0 Å². The highest BCUT2D eigenvalue weighted by atomic mass is 32.2. The van der Waals surface area contributed by atoms with Gasteiger partial charge in [0.25, 0.3) is 0 Å². The van der Waals surface area contributed by atoms with Crippen LogP contribution in [0, 0.1) is 0 Å². The highest BCUT2D eigenvalue weighted by Gasteiger charge is 2.28. The number of thioether (sulfide) groups is 1. The number of carbonyl (C=O) groups is 1. The summed E-state index contributed by atoms with van der Waals surface area (Å²) in [5, 5.41) is 14.3. The molecule has 0 aliphatic rings. The molecule has 0 aliphatic carbocycles. The van der Waals surface area contributed by atoms with E-state index < -0.39 is 5.60 Å². The Labute approximate surface area is 151 Å². The number of nitrogens with one attached hydrogen (secondary N) is 1. The quantitative estimate of drug-likeness (QED) is 0.630. The number of fused-ring (bicyclic) bond motifs is 1. The van der Waals surface area contributed by atoms with Gasteiger partial charge in [0.15, 0.2) is 0 Å². The second-order valence-corrected chi connectivity index (χ2v) is 7.28. The van der Waals surface area contributed by atoms with Crippen molar-refractivity contribution in [1.82, 2.24) is 5.32 Å². The second-order valence-electron chi connectivity index (χ2n) is 6.11. The van der Waals surface area contributed by atoms with Gasteiger partial charge in [0, 0.05) is 22.5 Å². The number of carbonyl (C=O) groups excluding carboxylic acids is 1. The van der Waals surface area contributed by atoms with Gasteiger partial charge in [-0.3, -0.25) is 4.79 Å². The van der Waals surface area contributed by atoms with Gasteiger partial charge in [-0.25, -0.2) is 0 Å². The first-order chi connectivity index (χ1) is 12.0. The fourth-order valence-electron chi connectivity index (χ4n) is 2.47. The molecule has 25 heavy (non-hydrogen) atoms. The van der Waals surface area contributed by atoms with Crippen LogP contribution in [-0.2, 0) is 10.4 Å². The Bertz CT molecular complexity index is 809. The van der Waals surface area contributed by atoms with Crippen molar-refractivity contribution in [3.8, 4) is 0 Å². The highest BCUT2D eigenvalue weighted by Crippen LogP contribution is 2.27. The molecule has 0 fully saturated rings. The molecule has 0 saturated carbocycles. The van der Waals surface area contributed by atoms with Crippen molar-refractivity contribution >= 4 is 28.6 Å². The first-order valence-corrected chi connectivity index (χ1v) is 9.19. The van der Waals surface area contributed by atoms with Crippen molar-refractivity contribution in [1.29, 1.82) is 0 Å². The molecule has 0 spiro atoms. The molecule has 1 heterocycles. The molecule has 4 nitrogen and oxygen atoms in total. The Balaban J connectivity index is 1.50. The fourth-order valence-corrected chi connectivity index (χ4v) is 3.34. The third-order valence-electron chi connectivity index (χ3n) is 3.93. The lowest BCUT2D eigenvalue weighted by atomic mass is 10.0. The third kappa shape index (κ3) is 4.65. The minimum Gasteiger partial charge on any atom is -0.458 e. The maximum atomic E-state index is 12.0. The predicted octanol–water partition coefficient (Wildman–Crippen LogP) is 3.94. The molecular formula is C20H21NO3S. The Kier molecular flexibility index (Phi) is 5.46. The average Bonchev–Trinajstić information content (AvgIpc) is 3.06. The number of hydrogen-bond donors (Lipinski definition) is 2. The van der Waals surface area contributed by atoms with Crippen molar-refractivity contribution in [2.45, 2.75) is 23.8 Å². The van der Waals surface area contributed by atoms with Crippen LogP contribution in [0.5, 0.6) is 0 Å². The van der Waals surface area contributed by atoms with Crippen LogP contribution < -0.4 is 5.32 Å². The highest BCUT2D eigenvalue weighted by molar-refractivity contribution is 7.99. The van der Waals surface area contributed by atoms with Gasteiger partial charge in [0.1, 0.15) is 16.9 Å². The molecule has 130 valence electrons. The van der Waals surface area contributed by atoms with E-state index in [0.29, 0.717) is 17.9 Å². The van der Waals surface area contributed by atoms with Crippen molar-refractivity contribution < 1.29 is 14.3 Å². The molecule has 0 saturated heterocycles. The number of hydrogen-bond acceptors (Lipinski definition) is 4. The van der Waals surface area contributed by atoms with Gasteiger partial charge in [0.2, 0.25) is 5.91 Å². The van der Waals surface area contributed by atoms with Crippen molar-refractivity contribution in [3.63, 3.8) is 0 Å². The van der Waals surface area contributed by atoms with Crippen LogP contribution in [0.25, 0.3) is 11.0 Å². The molecule has 2 aromatic carbocycles. The van der Waals surface area contributed by atoms with Gasteiger partial charge in [-0.15, -0.1) is 11.8 Å². The van der Waals surface area contributed by atoms with Crippen LogP contribution in [0.3, 0.4) is 0 Å². The maximum absolute atomic E-state index is 12.0. The minimum atomic E-state index is -1.25. The number of amides is 1. The van der Waals surface area contributed by atoms with Crippen LogP contribution in [0.2, 0.25) is 0 Å². The lowest BCUT2D eigenvalue weighted by molar-refractivity contribution is -0.122. The Morgan fingerprint density at radius 1 is 1.16 bits per heavy atom. The van der Waals surface area contributed by atoms with Gasteiger partial charge < -0.3 is 14.8 Å². The molecule has 0 radical (unpaired) electrons. The number of aliphatic hydroxyl groups is 1. The summed E-state index contributed by atoms with van der Waals surface area (Å²) in [6.07, 6.45) is 0.399. The Morgan fingerprint density at radius 2 is 1.88 bits per heavy atom. The summed E-state index contributed by atoms with van der Waals surface area (Å²) in [4.78, 5) is 13.2. The first-order valence-electron chi connectivity index (χ1n) is 8.20. The molecule has 1 unspecified atom stereocenters. The van der Waals surface area contributed by atoms with Crippen LogP contribution >= 0.6 is 11.8 Å². The average molecular weight is 355 g/mol. The van der Waals surface area contributed by atoms with E-state index in [2.05, 4.69) is 5.32 Å². The lowest BCUT2D eigenvalue weighted by Gasteiger charge is -2.21. The minimum absolute atomic E-state index is 0.0835. The smallest absolute Gasteiger partial charge is 0.220 e. The SMILES string of the molecule is CC(O)(CNC(=O)CCSc1ccccc1)c1cc2ccccc2o1. The molecule has 0 bridgehead atoms. The lowest BCUT2D eigenvalue weighted by Crippen LogP contribution is -2.38. The maximum Gasteiger partial charge on any atom is 0.220 e. The number of furan rings is 1. The molecule has 5 heteroatoms. The van der Waals surface area contributed by atoms with Crippen LogP contribution in [0.15, 0.2) is 70.0 Å². The molecule has 0 aliphatic heterocycles. The number of benzene rings is 2. The van der Waals surface area contributed by atoms with Gasteiger partial charge in [-0.05, 0) is 31.2 Å². The van der Waals surface area contributed by atoms with E-state index in [0.717, 1.165) is 15.9 Å². The summed E-state index contributed by atoms with van der Waals surface area (Å²) in [7, 11) is 0. The number of rotatable bonds is 7. The summed E-state index contributed by atoms with van der Waals surface area (Å²) in [5.74, 6) is 1.07. The van der Waals surface area contributed by atoms with E-state index >= 15 is 0 Å². The zero-order valence-electron chi connectivity index (χ0n) is 14.1. The summed E-state index contributed by atoms with van der Waals surface area (Å²) >= 11 is 1.64. The van der Waals surface area contributed by atoms with Crippen molar-refractivity contribution in [2.75, 3.05) is 12.3 Å². The molecule has 3 rings (SSSR count). The van der Waals surface area contributed by atoms with E-state index in [1.807, 2.05) is 60.7 Å². The molecule has 3 aromatic rings. The molecule has 1 atom stereocenters. The van der Waals surface area contributed by atoms with Crippen molar-refractivity contribution in [2.24, 2.45) is 0 Å². The fraction of sp³-hybridized carbons (Fsp3) is 0.250.